The molecule has 0 aromatic heterocycles. The van der Waals surface area contributed by atoms with E-state index >= 15 is 0 Å². The van der Waals surface area contributed by atoms with Crippen molar-refractivity contribution in [1.82, 2.24) is 4.90 Å². The summed E-state index contributed by atoms with van der Waals surface area (Å²) in [6, 6.07) is 5.09. The van der Waals surface area contributed by atoms with Gasteiger partial charge in [-0.3, -0.25) is 9.10 Å². The Kier molecular flexibility index (Phi) is 5.59. The molecule has 6 nitrogen and oxygen atoms in total. The van der Waals surface area contributed by atoms with Crippen LogP contribution in [0.25, 0.3) is 0 Å². The standard InChI is InChI=1S/C15H22FN3O3S/c1-3-17-8-10-18(11-9-17)15(20)12-19(23(2,21)22)14-6-4-13(16)5-7-14/h4-7H,3,8-12H2,1-2H3/p+1. The maximum Gasteiger partial charge on any atom is 0.243 e. The van der Waals surface area contributed by atoms with Crippen LogP contribution >= 0.6 is 0 Å². The van der Waals surface area contributed by atoms with Crippen molar-refractivity contribution < 1.29 is 22.5 Å². The molecule has 1 aromatic rings. The van der Waals surface area contributed by atoms with Crippen LogP contribution < -0.4 is 9.21 Å². The van der Waals surface area contributed by atoms with E-state index in [4.69, 9.17) is 0 Å². The fourth-order valence-corrected chi connectivity index (χ4v) is 3.51. The number of hydrogen-bond acceptors (Lipinski definition) is 3. The summed E-state index contributed by atoms with van der Waals surface area (Å²) in [6.07, 6.45) is 1.04. The molecule has 1 saturated heterocycles. The van der Waals surface area contributed by atoms with Crippen LogP contribution in [0.3, 0.4) is 0 Å². The van der Waals surface area contributed by atoms with Crippen LogP contribution in [0.4, 0.5) is 10.1 Å². The lowest BCUT2D eigenvalue weighted by Gasteiger charge is -2.33. The molecule has 1 aliphatic heterocycles. The fourth-order valence-electron chi connectivity index (χ4n) is 2.66. The predicted molar refractivity (Wildman–Crippen MR) is 86.4 cm³/mol. The van der Waals surface area contributed by atoms with E-state index in [9.17, 15) is 17.6 Å². The largest absolute Gasteiger partial charge is 0.332 e. The molecule has 0 saturated carbocycles. The molecular formula is C15H23FN3O3S+. The third-order valence-corrected chi connectivity index (χ3v) is 5.26. The maximum atomic E-state index is 13.0. The second-order valence-corrected chi connectivity index (χ2v) is 7.64. The number of rotatable bonds is 5. The van der Waals surface area contributed by atoms with Gasteiger partial charge in [0.2, 0.25) is 15.9 Å². The molecule has 0 unspecified atom stereocenters. The summed E-state index contributed by atoms with van der Waals surface area (Å²) in [7, 11) is -3.62. The van der Waals surface area contributed by atoms with Crippen LogP contribution in [-0.2, 0) is 14.8 Å². The predicted octanol–water partition coefficient (Wildman–Crippen LogP) is -0.661. The normalized spacial score (nSPS) is 16.4. The molecule has 0 atom stereocenters. The Bertz CT molecular complexity index is 640. The van der Waals surface area contributed by atoms with E-state index in [2.05, 4.69) is 6.92 Å². The van der Waals surface area contributed by atoms with Gasteiger partial charge in [-0.1, -0.05) is 0 Å². The number of hydrogen-bond donors (Lipinski definition) is 1. The number of amides is 1. The number of likely N-dealkylation sites (N-methyl/N-ethyl adjacent to an activating group) is 1. The summed E-state index contributed by atoms with van der Waals surface area (Å²) < 4.78 is 38.0. The summed E-state index contributed by atoms with van der Waals surface area (Å²) in [6.45, 7) is 5.87. The van der Waals surface area contributed by atoms with Crippen LogP contribution in [0.1, 0.15) is 6.92 Å². The van der Waals surface area contributed by atoms with Crippen LogP contribution in [0.2, 0.25) is 0 Å². The molecule has 1 fully saturated rings. The molecule has 1 amide bonds. The van der Waals surface area contributed by atoms with E-state index in [-0.39, 0.29) is 12.5 Å². The second kappa shape index (κ2) is 7.27. The number of piperazine rings is 1. The zero-order chi connectivity index (χ0) is 17.0. The fraction of sp³-hybridized carbons (Fsp3) is 0.533. The quantitative estimate of drug-likeness (QED) is 0.771. The zero-order valence-electron chi connectivity index (χ0n) is 13.5. The molecule has 1 N–H and O–H groups in total. The number of quaternary nitrogens is 1. The van der Waals surface area contributed by atoms with E-state index in [1.54, 1.807) is 4.90 Å². The van der Waals surface area contributed by atoms with Crippen LogP contribution in [0, 0.1) is 5.82 Å². The Labute approximate surface area is 136 Å². The van der Waals surface area contributed by atoms with Gasteiger partial charge in [0.15, 0.2) is 0 Å². The first kappa shape index (κ1) is 17.7. The van der Waals surface area contributed by atoms with Crippen molar-refractivity contribution in [3.8, 4) is 0 Å². The molecule has 8 heteroatoms. The molecular weight excluding hydrogens is 321 g/mol. The van der Waals surface area contributed by atoms with Gasteiger partial charge in [-0.2, -0.15) is 0 Å². The summed E-state index contributed by atoms with van der Waals surface area (Å²) in [5.41, 5.74) is 0.292. The van der Waals surface area contributed by atoms with Crippen LogP contribution in [-0.4, -0.2) is 64.7 Å². The third-order valence-electron chi connectivity index (χ3n) is 4.12. The minimum absolute atomic E-state index is 0.227. The number of benzene rings is 1. The van der Waals surface area contributed by atoms with Gasteiger partial charge in [-0.25, -0.2) is 12.8 Å². The highest BCUT2D eigenvalue weighted by atomic mass is 32.2. The Morgan fingerprint density at radius 1 is 1.26 bits per heavy atom. The molecule has 0 bridgehead atoms. The van der Waals surface area contributed by atoms with Crippen LogP contribution in [0.5, 0.6) is 0 Å². The van der Waals surface area contributed by atoms with E-state index in [1.165, 1.54) is 29.2 Å². The Balaban J connectivity index is 2.10. The number of anilines is 1. The average molecular weight is 344 g/mol. The minimum atomic E-state index is -3.62. The lowest BCUT2D eigenvalue weighted by Crippen LogP contribution is -3.14. The van der Waals surface area contributed by atoms with Crippen molar-refractivity contribution in [2.75, 3.05) is 49.8 Å². The van der Waals surface area contributed by atoms with Gasteiger partial charge in [0, 0.05) is 0 Å². The number of halogens is 1. The van der Waals surface area contributed by atoms with Crippen molar-refractivity contribution in [3.05, 3.63) is 30.1 Å². The smallest absolute Gasteiger partial charge is 0.243 e. The second-order valence-electron chi connectivity index (χ2n) is 5.73. The Morgan fingerprint density at radius 3 is 2.30 bits per heavy atom. The first-order valence-corrected chi connectivity index (χ1v) is 9.50. The van der Waals surface area contributed by atoms with E-state index in [0.29, 0.717) is 18.8 Å². The number of nitrogens with zero attached hydrogens (tertiary/aromatic N) is 2. The van der Waals surface area contributed by atoms with Gasteiger partial charge < -0.3 is 9.80 Å². The highest BCUT2D eigenvalue weighted by Crippen LogP contribution is 2.18. The van der Waals surface area contributed by atoms with Crippen molar-refractivity contribution in [2.24, 2.45) is 0 Å². The lowest BCUT2D eigenvalue weighted by molar-refractivity contribution is -0.902. The molecule has 1 aromatic carbocycles. The van der Waals surface area contributed by atoms with Gasteiger partial charge in [-0.15, -0.1) is 0 Å². The summed E-state index contributed by atoms with van der Waals surface area (Å²) in [5.74, 6) is -0.679. The third kappa shape index (κ3) is 4.65. The maximum absolute atomic E-state index is 13.0. The molecule has 2 rings (SSSR count). The molecule has 0 aliphatic carbocycles. The van der Waals surface area contributed by atoms with E-state index < -0.39 is 15.8 Å². The van der Waals surface area contributed by atoms with Gasteiger partial charge in [0.1, 0.15) is 12.4 Å². The van der Waals surface area contributed by atoms with Crippen molar-refractivity contribution in [2.45, 2.75) is 6.92 Å². The SMILES string of the molecule is CC[NH+]1CCN(C(=O)CN(c2ccc(F)cc2)S(C)(=O)=O)CC1. The first-order valence-electron chi connectivity index (χ1n) is 7.66. The van der Waals surface area contributed by atoms with Gasteiger partial charge in [0.05, 0.1) is 44.7 Å². The number of carbonyl (C=O) groups excluding carboxylic acids is 1. The molecule has 0 radical (unpaired) electrons. The Morgan fingerprint density at radius 2 is 1.83 bits per heavy atom. The molecule has 128 valence electrons. The van der Waals surface area contributed by atoms with Gasteiger partial charge in [0.25, 0.3) is 0 Å². The number of carbonyl (C=O) groups is 1. The van der Waals surface area contributed by atoms with Gasteiger partial charge >= 0.3 is 0 Å². The molecule has 23 heavy (non-hydrogen) atoms. The zero-order valence-corrected chi connectivity index (χ0v) is 14.3. The van der Waals surface area contributed by atoms with E-state index in [1.807, 2.05) is 0 Å². The van der Waals surface area contributed by atoms with Crippen molar-refractivity contribution >= 4 is 21.6 Å². The van der Waals surface area contributed by atoms with E-state index in [0.717, 1.165) is 30.2 Å². The number of sulfonamides is 1. The summed E-state index contributed by atoms with van der Waals surface area (Å²) >= 11 is 0. The summed E-state index contributed by atoms with van der Waals surface area (Å²) in [4.78, 5) is 15.6. The van der Waals surface area contributed by atoms with Crippen molar-refractivity contribution in [1.29, 1.82) is 0 Å². The molecule has 0 spiro atoms. The van der Waals surface area contributed by atoms with Crippen molar-refractivity contribution in [3.63, 3.8) is 0 Å². The minimum Gasteiger partial charge on any atom is -0.332 e. The monoisotopic (exact) mass is 344 g/mol. The highest BCUT2D eigenvalue weighted by molar-refractivity contribution is 7.92. The first-order chi connectivity index (χ1) is 10.8. The van der Waals surface area contributed by atoms with Gasteiger partial charge in [-0.05, 0) is 31.2 Å². The lowest BCUT2D eigenvalue weighted by atomic mass is 10.3. The summed E-state index contributed by atoms with van der Waals surface area (Å²) in [5, 5.41) is 0. The Hall–Kier alpha value is -1.67. The molecule has 1 heterocycles. The highest BCUT2D eigenvalue weighted by Gasteiger charge is 2.27. The number of nitrogens with one attached hydrogen (secondary N) is 1. The van der Waals surface area contributed by atoms with Crippen LogP contribution in [0.15, 0.2) is 24.3 Å². The topological polar surface area (TPSA) is 62.1 Å². The average Bonchev–Trinajstić information content (AvgIpc) is 2.52. The molecule has 1 aliphatic rings.